The van der Waals surface area contributed by atoms with E-state index in [0.717, 1.165) is 34.5 Å². The summed E-state index contributed by atoms with van der Waals surface area (Å²) in [6.07, 6.45) is 3.75. The second-order valence-corrected chi connectivity index (χ2v) is 10.5. The number of allylic oxidation sites excluding steroid dienone is 2. The number of Topliss-reactive ketones (excluding diaryl/α,β-unsaturated/α-hetero) is 2. The largest absolute Gasteiger partial charge is 0.336 e. The molecule has 0 spiro atoms. The van der Waals surface area contributed by atoms with Crippen molar-refractivity contribution in [3.63, 3.8) is 0 Å². The average Bonchev–Trinajstić information content (AvgIpc) is 3.31. The summed E-state index contributed by atoms with van der Waals surface area (Å²) in [5, 5.41) is 1.97. The minimum absolute atomic E-state index is 0.00239. The van der Waals surface area contributed by atoms with E-state index in [-0.39, 0.29) is 11.6 Å². The van der Waals surface area contributed by atoms with E-state index in [1.54, 1.807) is 23.5 Å². The highest BCUT2D eigenvalue weighted by molar-refractivity contribution is 8.04. The standard InChI is InChI=1S/C26H26N2O2S2/c1-5-27-19-11-15(3)7-9-21(19)31-23(27)13-17-25(29)18(26(17)30)14-24-28(6-2)20-12-16(4)8-10-22(20)32-24/h7-14,17-18H,5-6H2,1-4H3/b23-13-,24-14-. The summed E-state index contributed by atoms with van der Waals surface area (Å²) in [6, 6.07) is 12.8. The maximum Gasteiger partial charge on any atom is 0.161 e. The first-order valence-electron chi connectivity index (χ1n) is 11.0. The molecule has 0 radical (unpaired) electrons. The van der Waals surface area contributed by atoms with Crippen molar-refractivity contribution < 1.29 is 9.59 Å². The smallest absolute Gasteiger partial charge is 0.161 e. The predicted octanol–water partition coefficient (Wildman–Crippen LogP) is 5.93. The monoisotopic (exact) mass is 462 g/mol. The fourth-order valence-corrected chi connectivity index (χ4v) is 6.86. The van der Waals surface area contributed by atoms with Gasteiger partial charge in [0.15, 0.2) is 11.6 Å². The van der Waals surface area contributed by atoms with Gasteiger partial charge in [-0.1, -0.05) is 35.7 Å². The Bertz CT molecular complexity index is 1090. The second kappa shape index (κ2) is 8.16. The molecule has 1 aliphatic carbocycles. The van der Waals surface area contributed by atoms with Gasteiger partial charge in [-0.15, -0.1) is 0 Å². The molecule has 2 aromatic carbocycles. The number of thioether (sulfide) groups is 2. The van der Waals surface area contributed by atoms with Crippen LogP contribution in [0.3, 0.4) is 0 Å². The van der Waals surface area contributed by atoms with Crippen molar-refractivity contribution in [1.29, 1.82) is 0 Å². The van der Waals surface area contributed by atoms with Crippen molar-refractivity contribution in [3.8, 4) is 0 Å². The molecule has 5 rings (SSSR count). The number of aryl methyl sites for hydroxylation is 2. The van der Waals surface area contributed by atoms with Crippen LogP contribution in [0.5, 0.6) is 0 Å². The van der Waals surface area contributed by atoms with Gasteiger partial charge in [0.25, 0.3) is 0 Å². The van der Waals surface area contributed by atoms with Crippen molar-refractivity contribution in [2.24, 2.45) is 11.8 Å². The molecule has 4 nitrogen and oxygen atoms in total. The lowest BCUT2D eigenvalue weighted by molar-refractivity contribution is -0.146. The first-order chi connectivity index (χ1) is 15.4. The molecule has 2 heterocycles. The van der Waals surface area contributed by atoms with E-state index in [0.29, 0.717) is 0 Å². The van der Waals surface area contributed by atoms with Crippen molar-refractivity contribution in [2.75, 3.05) is 22.9 Å². The summed E-state index contributed by atoms with van der Waals surface area (Å²) >= 11 is 3.29. The van der Waals surface area contributed by atoms with E-state index in [4.69, 9.17) is 0 Å². The molecule has 2 aromatic rings. The molecule has 32 heavy (non-hydrogen) atoms. The van der Waals surface area contributed by atoms with Crippen LogP contribution in [0, 0.1) is 25.7 Å². The van der Waals surface area contributed by atoms with E-state index in [2.05, 4.69) is 73.9 Å². The van der Waals surface area contributed by atoms with Crippen molar-refractivity contribution in [2.45, 2.75) is 37.5 Å². The van der Waals surface area contributed by atoms with Gasteiger partial charge in [0.2, 0.25) is 0 Å². The van der Waals surface area contributed by atoms with Crippen LogP contribution in [0.25, 0.3) is 0 Å². The average molecular weight is 463 g/mol. The van der Waals surface area contributed by atoms with Gasteiger partial charge in [-0.2, -0.15) is 0 Å². The highest BCUT2D eigenvalue weighted by atomic mass is 32.2. The molecule has 3 aliphatic rings. The third-order valence-corrected chi connectivity index (χ3v) is 8.51. The Kier molecular flexibility index (Phi) is 5.46. The topological polar surface area (TPSA) is 40.6 Å². The van der Waals surface area contributed by atoms with E-state index >= 15 is 0 Å². The Morgan fingerprint density at radius 3 is 1.53 bits per heavy atom. The first-order valence-corrected chi connectivity index (χ1v) is 12.7. The normalized spacial score (nSPS) is 24.4. The summed E-state index contributed by atoms with van der Waals surface area (Å²) in [5.41, 5.74) is 4.74. The van der Waals surface area contributed by atoms with E-state index in [1.165, 1.54) is 20.9 Å². The maximum absolute atomic E-state index is 13.0. The van der Waals surface area contributed by atoms with Crippen molar-refractivity contribution in [3.05, 3.63) is 69.7 Å². The lowest BCUT2D eigenvalue weighted by Gasteiger charge is -2.30. The van der Waals surface area contributed by atoms with Gasteiger partial charge >= 0.3 is 0 Å². The summed E-state index contributed by atoms with van der Waals surface area (Å²) in [7, 11) is 0. The summed E-state index contributed by atoms with van der Waals surface area (Å²) in [4.78, 5) is 32.8. The maximum atomic E-state index is 13.0. The molecule has 0 saturated heterocycles. The molecule has 0 N–H and O–H groups in total. The number of rotatable bonds is 4. The summed E-state index contributed by atoms with van der Waals surface area (Å²) < 4.78 is 0. The SMILES string of the molecule is CCN1/C(=C/C2C(=O)C(/C=C3\Sc4ccc(C)cc4N3CC)C2=O)Sc2ccc(C)cc21. The third kappa shape index (κ3) is 3.41. The van der Waals surface area contributed by atoms with E-state index in [1.807, 2.05) is 12.2 Å². The molecule has 0 aromatic heterocycles. The van der Waals surface area contributed by atoms with Crippen LogP contribution in [0.4, 0.5) is 11.4 Å². The van der Waals surface area contributed by atoms with Gasteiger partial charge in [-0.3, -0.25) is 9.59 Å². The molecule has 2 aliphatic heterocycles. The van der Waals surface area contributed by atoms with Gasteiger partial charge < -0.3 is 9.80 Å². The van der Waals surface area contributed by atoms with Crippen LogP contribution in [-0.2, 0) is 9.59 Å². The van der Waals surface area contributed by atoms with Crippen LogP contribution in [-0.4, -0.2) is 24.7 Å². The number of hydrogen-bond acceptors (Lipinski definition) is 6. The highest BCUT2D eigenvalue weighted by Gasteiger charge is 2.48. The van der Waals surface area contributed by atoms with Crippen molar-refractivity contribution in [1.82, 2.24) is 0 Å². The Morgan fingerprint density at radius 2 is 1.16 bits per heavy atom. The molecular formula is C26H26N2O2S2. The van der Waals surface area contributed by atoms with Crippen LogP contribution in [0.2, 0.25) is 0 Å². The number of anilines is 2. The Hall–Kier alpha value is -2.44. The number of nitrogens with zero attached hydrogens (tertiary/aromatic N) is 2. The molecule has 0 amide bonds. The third-order valence-electron chi connectivity index (χ3n) is 6.25. The number of carbonyl (C=O) groups excluding carboxylic acids is 2. The fraction of sp³-hybridized carbons (Fsp3) is 0.308. The zero-order chi connectivity index (χ0) is 22.6. The molecule has 1 saturated carbocycles. The zero-order valence-corrected chi connectivity index (χ0v) is 20.3. The second-order valence-electron chi connectivity index (χ2n) is 8.40. The lowest BCUT2D eigenvalue weighted by Crippen LogP contribution is -2.47. The van der Waals surface area contributed by atoms with Crippen LogP contribution < -0.4 is 9.80 Å². The first kappa shape index (κ1) is 21.4. The van der Waals surface area contributed by atoms with Gasteiger partial charge in [0, 0.05) is 22.9 Å². The molecule has 164 valence electrons. The summed E-state index contributed by atoms with van der Waals surface area (Å²) in [5.74, 6) is -1.28. The van der Waals surface area contributed by atoms with Crippen LogP contribution in [0.15, 0.2) is 68.4 Å². The van der Waals surface area contributed by atoms with Gasteiger partial charge in [0.1, 0.15) is 0 Å². The summed E-state index contributed by atoms with van der Waals surface area (Å²) in [6.45, 7) is 9.96. The van der Waals surface area contributed by atoms with Gasteiger partial charge in [0.05, 0.1) is 33.3 Å². The number of carbonyl (C=O) groups is 2. The minimum Gasteiger partial charge on any atom is -0.336 e. The molecule has 1 fully saturated rings. The number of hydrogen-bond donors (Lipinski definition) is 0. The zero-order valence-electron chi connectivity index (χ0n) is 18.7. The Balaban J connectivity index is 1.37. The molecule has 0 bridgehead atoms. The molecule has 0 atom stereocenters. The van der Waals surface area contributed by atoms with Crippen LogP contribution in [0.1, 0.15) is 25.0 Å². The molecule has 6 heteroatoms. The Morgan fingerprint density at radius 1 is 0.750 bits per heavy atom. The van der Waals surface area contributed by atoms with Gasteiger partial charge in [-0.25, -0.2) is 0 Å². The lowest BCUT2D eigenvalue weighted by atomic mass is 9.72. The quantitative estimate of drug-likeness (QED) is 0.524. The van der Waals surface area contributed by atoms with Crippen molar-refractivity contribution >= 4 is 46.5 Å². The molecular weight excluding hydrogens is 436 g/mol. The highest BCUT2D eigenvalue weighted by Crippen LogP contribution is 2.49. The van der Waals surface area contributed by atoms with E-state index in [9.17, 15) is 9.59 Å². The predicted molar refractivity (Wildman–Crippen MR) is 133 cm³/mol. The number of fused-ring (bicyclic) bond motifs is 2. The molecule has 0 unspecified atom stereocenters. The Labute approximate surface area is 197 Å². The number of ketones is 2. The number of benzene rings is 2. The van der Waals surface area contributed by atoms with E-state index < -0.39 is 11.8 Å². The van der Waals surface area contributed by atoms with Gasteiger partial charge in [-0.05, 0) is 75.2 Å². The van der Waals surface area contributed by atoms with Crippen LogP contribution >= 0.6 is 23.5 Å². The fourth-order valence-electron chi connectivity index (χ4n) is 4.51. The minimum atomic E-state index is -0.644.